The molecule has 6 aromatic rings. The Morgan fingerprint density at radius 1 is 0.800 bits per heavy atom. The Labute approximate surface area is 190 Å². The number of aromatic nitrogens is 2. The van der Waals surface area contributed by atoms with Gasteiger partial charge in [0.05, 0.1) is 11.4 Å². The van der Waals surface area contributed by atoms with E-state index in [-0.39, 0.29) is 33.4 Å². The maximum absolute atomic E-state index is 7.96. The van der Waals surface area contributed by atoms with E-state index >= 15 is 0 Å². The number of hydrogen-bond donors (Lipinski definition) is 0. The van der Waals surface area contributed by atoms with Gasteiger partial charge in [0.15, 0.2) is 5.58 Å². The lowest BCUT2D eigenvalue weighted by Gasteiger charge is -2.05. The van der Waals surface area contributed by atoms with Crippen LogP contribution in [0.5, 0.6) is 0 Å². The van der Waals surface area contributed by atoms with E-state index < -0.39 is 38.8 Å². The first-order valence-electron chi connectivity index (χ1n) is 15.1. The molecule has 0 saturated heterocycles. The summed E-state index contributed by atoms with van der Waals surface area (Å²) >= 11 is 0. The van der Waals surface area contributed by atoms with Crippen LogP contribution < -0.4 is 0 Å². The lowest BCUT2D eigenvalue weighted by molar-refractivity contribution is 0.659. The van der Waals surface area contributed by atoms with E-state index in [2.05, 4.69) is 9.97 Å². The van der Waals surface area contributed by atoms with Crippen LogP contribution in [-0.2, 0) is 0 Å². The Kier molecular flexibility index (Phi) is 1.78. The molecule has 0 atom stereocenters. The number of hydrogen-bond acceptors (Lipinski definition) is 4. The summed E-state index contributed by atoms with van der Waals surface area (Å²) in [7, 11) is 0. The first-order chi connectivity index (χ1) is 19.4. The summed E-state index contributed by atoms with van der Waals surface area (Å²) in [5.74, 6) is 0. The molecule has 0 N–H and O–H groups in total. The molecule has 4 nitrogen and oxygen atoms in total. The zero-order valence-electron chi connectivity index (χ0n) is 27.3. The summed E-state index contributed by atoms with van der Waals surface area (Å²) < 4.78 is 107. The lowest BCUT2D eigenvalue weighted by atomic mass is 10.0. The molecule has 0 amide bonds. The van der Waals surface area contributed by atoms with Crippen molar-refractivity contribution in [3.05, 3.63) is 71.2 Å². The Morgan fingerprint density at radius 2 is 1.63 bits per heavy atom. The Bertz CT molecular complexity index is 2040. The van der Waals surface area contributed by atoms with Crippen LogP contribution in [0.1, 0.15) is 39.0 Å². The van der Waals surface area contributed by atoms with Crippen LogP contribution >= 0.6 is 0 Å². The number of fused-ring (bicyclic) bond motifs is 7. The van der Waals surface area contributed by atoms with E-state index in [0.29, 0.717) is 32.9 Å². The molecule has 4 heteroatoms. The van der Waals surface area contributed by atoms with Gasteiger partial charge in [0.1, 0.15) is 16.7 Å². The zero-order valence-corrected chi connectivity index (χ0v) is 15.3. The predicted molar refractivity (Wildman–Crippen MR) is 121 cm³/mol. The molecular weight excluding hydrogens is 372 g/mol. The van der Waals surface area contributed by atoms with Crippen molar-refractivity contribution in [2.75, 3.05) is 0 Å². The van der Waals surface area contributed by atoms with Gasteiger partial charge in [0, 0.05) is 55.4 Å². The van der Waals surface area contributed by atoms with Crippen LogP contribution in [0.25, 0.3) is 55.1 Å². The normalized spacial score (nSPS) is 19.6. The van der Waals surface area contributed by atoms with Gasteiger partial charge in [-0.25, -0.2) is 0 Å². The van der Waals surface area contributed by atoms with E-state index in [1.807, 2.05) is 0 Å². The number of aryl methyl sites for hydroxylation is 4. The van der Waals surface area contributed by atoms with Gasteiger partial charge in [0.2, 0.25) is 0 Å². The quantitative estimate of drug-likeness (QED) is 0.291. The fourth-order valence-electron chi connectivity index (χ4n) is 3.96. The van der Waals surface area contributed by atoms with Crippen LogP contribution in [0.15, 0.2) is 57.5 Å². The van der Waals surface area contributed by atoms with Crippen molar-refractivity contribution in [1.29, 1.82) is 0 Å². The number of rotatable bonds is 1. The van der Waals surface area contributed by atoms with Crippen molar-refractivity contribution in [3.63, 3.8) is 0 Å². The lowest BCUT2D eigenvalue weighted by Crippen LogP contribution is -1.88. The summed E-state index contributed by atoms with van der Waals surface area (Å²) in [6, 6.07) is 10.8. The number of pyridine rings is 2. The highest BCUT2D eigenvalue weighted by Crippen LogP contribution is 2.42. The third-order valence-electron chi connectivity index (χ3n) is 5.26. The molecule has 0 bridgehead atoms. The van der Waals surface area contributed by atoms with E-state index in [0.717, 1.165) is 6.20 Å². The highest BCUT2D eigenvalue weighted by Gasteiger charge is 2.20. The van der Waals surface area contributed by atoms with Gasteiger partial charge in [-0.2, -0.15) is 0 Å². The van der Waals surface area contributed by atoms with Crippen molar-refractivity contribution in [3.8, 4) is 11.3 Å². The van der Waals surface area contributed by atoms with Gasteiger partial charge in [0.25, 0.3) is 0 Å². The molecule has 0 spiro atoms. The van der Waals surface area contributed by atoms with Crippen molar-refractivity contribution < 1.29 is 25.3 Å². The molecule has 0 fully saturated rings. The van der Waals surface area contributed by atoms with Crippen molar-refractivity contribution in [1.82, 2.24) is 9.97 Å². The van der Waals surface area contributed by atoms with Crippen molar-refractivity contribution in [2.45, 2.75) is 27.4 Å². The first kappa shape index (κ1) is 9.00. The van der Waals surface area contributed by atoms with Gasteiger partial charge in [-0.1, -0.05) is 12.1 Å². The van der Waals surface area contributed by atoms with Crippen LogP contribution in [0, 0.1) is 27.4 Å². The second-order valence-electron chi connectivity index (χ2n) is 7.05. The summed E-state index contributed by atoms with van der Waals surface area (Å²) in [6.45, 7) is -10.9. The monoisotopic (exact) mass is 404 g/mol. The van der Waals surface area contributed by atoms with E-state index in [1.165, 1.54) is 12.1 Å². The fourth-order valence-corrected chi connectivity index (χ4v) is 3.96. The summed E-state index contributed by atoms with van der Waals surface area (Å²) in [6.07, 6.45) is 1.03. The van der Waals surface area contributed by atoms with E-state index in [9.17, 15) is 0 Å². The molecule has 2 aromatic carbocycles. The van der Waals surface area contributed by atoms with E-state index in [4.69, 9.17) is 25.3 Å². The number of benzene rings is 2. The minimum atomic E-state index is -2.76. The standard InChI is InChI=1S/C26H20N2O2/c1-13-10-20(27-12-14(13)2)17-6-5-7-18-23-21(30-26(17)18)8-9-22-24(23)19-11-15(3)28-16(4)25(19)29-22/h5-12H,1-4H3/i1D3,2D3,3D3,4D3. The molecular formula is C26H20N2O2. The second kappa shape index (κ2) is 5.92. The minimum Gasteiger partial charge on any atom is -0.455 e. The first-order valence-corrected chi connectivity index (χ1v) is 9.09. The maximum Gasteiger partial charge on any atom is 0.156 e. The van der Waals surface area contributed by atoms with Gasteiger partial charge in [-0.05, 0) is 68.9 Å². The zero-order chi connectivity index (χ0) is 30.6. The molecule has 146 valence electrons. The molecule has 4 aromatic heterocycles. The Hall–Kier alpha value is -3.66. The largest absolute Gasteiger partial charge is 0.455 e. The number of furan rings is 2. The molecule has 0 aliphatic rings. The maximum atomic E-state index is 7.96. The van der Waals surface area contributed by atoms with Crippen molar-refractivity contribution >= 4 is 43.9 Å². The summed E-state index contributed by atoms with van der Waals surface area (Å²) in [5, 5.41) is 1.71. The number of para-hydroxylation sites is 1. The SMILES string of the molecule is [2H]C([2H])([2H])c1cc2c(oc3ccc4oc5c(-c6cc(C([2H])([2H])[2H])c(C([2H])([2H])[2H])cn6)cccc5c4c32)c(C([2H])([2H])[2H])n1. The fraction of sp³-hybridized carbons (Fsp3) is 0.154. The second-order valence-corrected chi connectivity index (χ2v) is 7.05. The molecule has 0 saturated carbocycles. The summed E-state index contributed by atoms with van der Waals surface area (Å²) in [4.78, 5) is 8.21. The summed E-state index contributed by atoms with van der Waals surface area (Å²) in [5.41, 5.74) is -0.156. The molecule has 6 rings (SSSR count). The van der Waals surface area contributed by atoms with Gasteiger partial charge < -0.3 is 8.83 Å². The van der Waals surface area contributed by atoms with Crippen molar-refractivity contribution in [2.24, 2.45) is 0 Å². The van der Waals surface area contributed by atoms with Crippen LogP contribution in [0.4, 0.5) is 0 Å². The predicted octanol–water partition coefficient (Wildman–Crippen LogP) is 7.18. The average Bonchev–Trinajstić information content (AvgIpc) is 3.43. The smallest absolute Gasteiger partial charge is 0.156 e. The Morgan fingerprint density at radius 3 is 2.43 bits per heavy atom. The molecule has 0 radical (unpaired) electrons. The average molecular weight is 405 g/mol. The van der Waals surface area contributed by atoms with Gasteiger partial charge in [-0.3, -0.25) is 9.97 Å². The minimum absolute atomic E-state index is 0.0692. The number of nitrogens with zero attached hydrogens (tertiary/aromatic N) is 2. The highest BCUT2D eigenvalue weighted by molar-refractivity contribution is 6.26. The third kappa shape index (κ3) is 2.28. The van der Waals surface area contributed by atoms with E-state index in [1.54, 1.807) is 30.3 Å². The molecule has 0 aliphatic heterocycles. The van der Waals surface area contributed by atoms with Gasteiger partial charge >= 0.3 is 0 Å². The highest BCUT2D eigenvalue weighted by atomic mass is 16.3. The van der Waals surface area contributed by atoms with Crippen LogP contribution in [0.2, 0.25) is 0 Å². The molecule has 4 heterocycles. The molecule has 0 aliphatic carbocycles. The third-order valence-corrected chi connectivity index (χ3v) is 5.26. The topological polar surface area (TPSA) is 52.1 Å². The molecule has 30 heavy (non-hydrogen) atoms. The van der Waals surface area contributed by atoms with Crippen LogP contribution in [-0.4, -0.2) is 9.97 Å². The van der Waals surface area contributed by atoms with Crippen LogP contribution in [0.3, 0.4) is 0 Å². The Balaban J connectivity index is 1.69. The van der Waals surface area contributed by atoms with Gasteiger partial charge in [-0.15, -0.1) is 0 Å². The molecule has 0 unspecified atom stereocenters.